The summed E-state index contributed by atoms with van der Waals surface area (Å²) in [5.74, 6) is 3.43. The Kier molecular flexibility index (Phi) is 3.04. The van der Waals surface area contributed by atoms with Crippen molar-refractivity contribution in [1.29, 1.82) is 0 Å². The minimum Gasteiger partial charge on any atom is -0.0998 e. The Hall–Kier alpha value is -0.520. The van der Waals surface area contributed by atoms with Crippen LogP contribution < -0.4 is 0 Å². The lowest BCUT2D eigenvalue weighted by molar-refractivity contribution is 0.135. The molecule has 0 bridgehead atoms. The van der Waals surface area contributed by atoms with Gasteiger partial charge in [-0.2, -0.15) is 0 Å². The van der Waals surface area contributed by atoms with Gasteiger partial charge >= 0.3 is 0 Å². The van der Waals surface area contributed by atoms with Gasteiger partial charge in [-0.15, -0.1) is 0 Å². The standard InChI is InChI=1S/C15H24/c1-10(2)13-8-6-12(4)14-7-5-11(3)9-15(13)14/h9,12-15H,1,5-8H2,2-4H3/t12?,13?,14-,15-/m1/s1. The third-order valence-corrected chi connectivity index (χ3v) is 4.60. The van der Waals surface area contributed by atoms with Gasteiger partial charge < -0.3 is 0 Å². The van der Waals surface area contributed by atoms with Gasteiger partial charge in [-0.05, 0) is 63.2 Å². The molecule has 0 heteroatoms. The summed E-state index contributed by atoms with van der Waals surface area (Å²) in [6.45, 7) is 11.2. The zero-order chi connectivity index (χ0) is 11.0. The van der Waals surface area contributed by atoms with Crippen molar-refractivity contribution in [3.63, 3.8) is 0 Å². The summed E-state index contributed by atoms with van der Waals surface area (Å²) in [6, 6.07) is 0. The largest absolute Gasteiger partial charge is 0.0998 e. The summed E-state index contributed by atoms with van der Waals surface area (Å²) in [4.78, 5) is 0. The lowest BCUT2D eigenvalue weighted by Crippen LogP contribution is -2.34. The van der Waals surface area contributed by atoms with Crippen molar-refractivity contribution >= 4 is 0 Å². The van der Waals surface area contributed by atoms with Gasteiger partial charge in [-0.3, -0.25) is 0 Å². The van der Waals surface area contributed by atoms with Crippen LogP contribution >= 0.6 is 0 Å². The molecule has 84 valence electrons. The Labute approximate surface area is 94.5 Å². The van der Waals surface area contributed by atoms with Crippen molar-refractivity contribution in [3.05, 3.63) is 23.8 Å². The third kappa shape index (κ3) is 2.04. The van der Waals surface area contributed by atoms with Crippen LogP contribution in [0.2, 0.25) is 0 Å². The predicted molar refractivity (Wildman–Crippen MR) is 66.7 cm³/mol. The molecule has 2 rings (SSSR count). The van der Waals surface area contributed by atoms with Crippen LogP contribution in [0.3, 0.4) is 0 Å². The van der Waals surface area contributed by atoms with Crippen molar-refractivity contribution in [2.45, 2.75) is 46.5 Å². The summed E-state index contributed by atoms with van der Waals surface area (Å²) in [6.07, 6.45) is 8.07. The molecule has 2 unspecified atom stereocenters. The Morgan fingerprint density at radius 3 is 2.73 bits per heavy atom. The first-order valence-electron chi connectivity index (χ1n) is 6.42. The average Bonchev–Trinajstić information content (AvgIpc) is 2.17. The fourth-order valence-corrected chi connectivity index (χ4v) is 3.62. The first kappa shape index (κ1) is 11.0. The van der Waals surface area contributed by atoms with Crippen molar-refractivity contribution in [1.82, 2.24) is 0 Å². The quantitative estimate of drug-likeness (QED) is 0.548. The van der Waals surface area contributed by atoms with Gasteiger partial charge in [-0.25, -0.2) is 0 Å². The molecule has 1 saturated carbocycles. The maximum absolute atomic E-state index is 4.19. The second kappa shape index (κ2) is 4.15. The second-order valence-corrected chi connectivity index (χ2v) is 5.80. The van der Waals surface area contributed by atoms with E-state index in [1.807, 2.05) is 0 Å². The van der Waals surface area contributed by atoms with Crippen molar-refractivity contribution in [3.8, 4) is 0 Å². The van der Waals surface area contributed by atoms with E-state index in [2.05, 4.69) is 33.4 Å². The van der Waals surface area contributed by atoms with Crippen LogP contribution in [-0.4, -0.2) is 0 Å². The fourth-order valence-electron chi connectivity index (χ4n) is 3.62. The van der Waals surface area contributed by atoms with Gasteiger partial charge in [0.2, 0.25) is 0 Å². The molecular weight excluding hydrogens is 180 g/mol. The van der Waals surface area contributed by atoms with E-state index in [0.29, 0.717) is 0 Å². The second-order valence-electron chi connectivity index (χ2n) is 5.80. The number of fused-ring (bicyclic) bond motifs is 1. The number of hydrogen-bond donors (Lipinski definition) is 0. The summed E-state index contributed by atoms with van der Waals surface area (Å²) < 4.78 is 0. The molecule has 0 heterocycles. The van der Waals surface area contributed by atoms with E-state index in [0.717, 1.165) is 23.7 Å². The van der Waals surface area contributed by atoms with E-state index in [1.165, 1.54) is 31.3 Å². The molecule has 2 aliphatic rings. The average molecular weight is 204 g/mol. The molecule has 2 aliphatic carbocycles. The van der Waals surface area contributed by atoms with Gasteiger partial charge in [0.1, 0.15) is 0 Å². The van der Waals surface area contributed by atoms with Crippen molar-refractivity contribution in [2.24, 2.45) is 23.7 Å². The molecule has 0 nitrogen and oxygen atoms in total. The highest BCUT2D eigenvalue weighted by Crippen LogP contribution is 2.47. The molecule has 15 heavy (non-hydrogen) atoms. The first-order chi connectivity index (χ1) is 7.09. The SMILES string of the molecule is C=C(C)C1CCC(C)[C@H]2CCC(C)=C[C@H]12. The molecule has 0 aromatic rings. The van der Waals surface area contributed by atoms with Gasteiger partial charge in [-0.1, -0.05) is 30.7 Å². The molecule has 4 atom stereocenters. The summed E-state index contributed by atoms with van der Waals surface area (Å²) in [7, 11) is 0. The molecule has 0 saturated heterocycles. The van der Waals surface area contributed by atoms with Crippen LogP contribution in [0, 0.1) is 23.7 Å². The van der Waals surface area contributed by atoms with Gasteiger partial charge in [0.25, 0.3) is 0 Å². The normalized spacial score (nSPS) is 40.6. The molecule has 0 aromatic carbocycles. The molecule has 0 aromatic heterocycles. The monoisotopic (exact) mass is 204 g/mol. The van der Waals surface area contributed by atoms with E-state index in [9.17, 15) is 0 Å². The highest BCUT2D eigenvalue weighted by molar-refractivity contribution is 5.15. The van der Waals surface area contributed by atoms with E-state index in [-0.39, 0.29) is 0 Å². The van der Waals surface area contributed by atoms with Crippen LogP contribution in [0.4, 0.5) is 0 Å². The Morgan fingerprint density at radius 1 is 1.33 bits per heavy atom. The lowest BCUT2D eigenvalue weighted by atomic mass is 9.61. The molecule has 0 amide bonds. The van der Waals surface area contributed by atoms with Crippen LogP contribution in [0.15, 0.2) is 23.8 Å². The van der Waals surface area contributed by atoms with Crippen LogP contribution in [0.25, 0.3) is 0 Å². The number of allylic oxidation sites excluding steroid dienone is 3. The topological polar surface area (TPSA) is 0 Å². The Bertz CT molecular complexity index is 284. The molecule has 0 spiro atoms. The summed E-state index contributed by atoms with van der Waals surface area (Å²) in [5, 5.41) is 0. The molecule has 1 fully saturated rings. The Morgan fingerprint density at radius 2 is 2.07 bits per heavy atom. The fraction of sp³-hybridized carbons (Fsp3) is 0.733. The van der Waals surface area contributed by atoms with Gasteiger partial charge in [0.05, 0.1) is 0 Å². The summed E-state index contributed by atoms with van der Waals surface area (Å²) >= 11 is 0. The molecule has 0 radical (unpaired) electrons. The van der Waals surface area contributed by atoms with Crippen LogP contribution in [0.5, 0.6) is 0 Å². The predicted octanol–water partition coefficient (Wildman–Crippen LogP) is 4.58. The molecule has 0 aliphatic heterocycles. The lowest BCUT2D eigenvalue weighted by Gasteiger charge is -2.44. The van der Waals surface area contributed by atoms with Crippen molar-refractivity contribution in [2.75, 3.05) is 0 Å². The highest BCUT2D eigenvalue weighted by Gasteiger charge is 2.37. The molecular formula is C15H24. The van der Waals surface area contributed by atoms with Crippen LogP contribution in [-0.2, 0) is 0 Å². The highest BCUT2D eigenvalue weighted by atomic mass is 14.4. The summed E-state index contributed by atoms with van der Waals surface area (Å²) in [5.41, 5.74) is 3.01. The number of hydrogen-bond acceptors (Lipinski definition) is 0. The van der Waals surface area contributed by atoms with E-state index in [4.69, 9.17) is 0 Å². The van der Waals surface area contributed by atoms with Gasteiger partial charge in [0, 0.05) is 0 Å². The van der Waals surface area contributed by atoms with Gasteiger partial charge in [0.15, 0.2) is 0 Å². The maximum atomic E-state index is 4.19. The van der Waals surface area contributed by atoms with Crippen LogP contribution in [0.1, 0.15) is 46.5 Å². The first-order valence-corrected chi connectivity index (χ1v) is 6.42. The van der Waals surface area contributed by atoms with E-state index >= 15 is 0 Å². The molecule has 0 N–H and O–H groups in total. The smallest absolute Gasteiger partial charge is 0.0134 e. The minimum absolute atomic E-state index is 0.765. The van der Waals surface area contributed by atoms with E-state index < -0.39 is 0 Å². The minimum atomic E-state index is 0.765. The van der Waals surface area contributed by atoms with E-state index in [1.54, 1.807) is 5.57 Å². The zero-order valence-electron chi connectivity index (χ0n) is 10.4. The maximum Gasteiger partial charge on any atom is -0.0134 e. The Balaban J connectivity index is 2.24. The number of rotatable bonds is 1. The van der Waals surface area contributed by atoms with Crippen molar-refractivity contribution < 1.29 is 0 Å². The third-order valence-electron chi connectivity index (χ3n) is 4.60. The zero-order valence-corrected chi connectivity index (χ0v) is 10.4.